The Bertz CT molecular complexity index is 687. The Labute approximate surface area is 130 Å². The number of hydrogen-bond acceptors (Lipinski definition) is 4. The summed E-state index contributed by atoms with van der Waals surface area (Å²) < 4.78 is 13.1. The van der Waals surface area contributed by atoms with E-state index in [1.54, 1.807) is 17.5 Å². The second-order valence-corrected chi connectivity index (χ2v) is 5.83. The molecule has 0 aliphatic heterocycles. The van der Waals surface area contributed by atoms with E-state index in [0.717, 1.165) is 5.56 Å². The first-order chi connectivity index (χ1) is 10.5. The van der Waals surface area contributed by atoms with Gasteiger partial charge in [-0.25, -0.2) is 9.37 Å². The number of carboxylic acid groups (broad SMARTS) is 1. The van der Waals surface area contributed by atoms with E-state index in [9.17, 15) is 14.0 Å². The fourth-order valence-electron chi connectivity index (χ4n) is 1.74. The fourth-order valence-corrected chi connectivity index (χ4v) is 2.55. The summed E-state index contributed by atoms with van der Waals surface area (Å²) in [7, 11) is 0. The Hall–Kier alpha value is -2.28. The van der Waals surface area contributed by atoms with Crippen molar-refractivity contribution in [3.63, 3.8) is 0 Å². The zero-order valence-electron chi connectivity index (χ0n) is 11.9. The van der Waals surface area contributed by atoms with Gasteiger partial charge in [-0.15, -0.1) is 11.3 Å². The second-order valence-electron chi connectivity index (χ2n) is 4.88. The van der Waals surface area contributed by atoms with Crippen molar-refractivity contribution in [3.8, 4) is 0 Å². The van der Waals surface area contributed by atoms with Gasteiger partial charge in [-0.3, -0.25) is 9.59 Å². The Morgan fingerprint density at radius 3 is 2.91 bits per heavy atom. The van der Waals surface area contributed by atoms with Crippen LogP contribution in [-0.4, -0.2) is 28.5 Å². The number of rotatable bonds is 6. The minimum atomic E-state index is -0.967. The number of hydrogen-bond donors (Lipinski definition) is 2. The lowest BCUT2D eigenvalue weighted by molar-refractivity contribution is -0.140. The predicted octanol–water partition coefficient (Wildman–Crippen LogP) is 2.32. The molecule has 1 atom stereocenters. The molecule has 5 nitrogen and oxygen atoms in total. The van der Waals surface area contributed by atoms with Crippen molar-refractivity contribution in [1.82, 2.24) is 10.3 Å². The number of halogens is 1. The number of aromatic nitrogens is 1. The molecule has 0 fully saturated rings. The molecular weight excluding hydrogens is 307 g/mol. The number of carbonyl (C=O) groups is 2. The molecular formula is C15H15FN2O3S. The molecule has 1 amide bonds. The molecule has 22 heavy (non-hydrogen) atoms. The van der Waals surface area contributed by atoms with Gasteiger partial charge in [0.05, 0.1) is 10.9 Å². The van der Waals surface area contributed by atoms with Crippen LogP contribution >= 0.6 is 11.3 Å². The van der Waals surface area contributed by atoms with Crippen LogP contribution in [0.15, 0.2) is 29.6 Å². The first-order valence-corrected chi connectivity index (χ1v) is 7.53. The number of aliphatic carboxylic acids is 1. The van der Waals surface area contributed by atoms with Gasteiger partial charge >= 0.3 is 5.97 Å². The molecule has 0 saturated heterocycles. The average Bonchev–Trinajstić information content (AvgIpc) is 2.92. The molecule has 1 heterocycles. The molecule has 1 aromatic heterocycles. The lowest BCUT2D eigenvalue weighted by Gasteiger charge is -2.06. The van der Waals surface area contributed by atoms with E-state index in [4.69, 9.17) is 5.11 Å². The number of benzene rings is 1. The molecule has 0 radical (unpaired) electrons. The normalized spacial score (nSPS) is 11.9. The first-order valence-electron chi connectivity index (χ1n) is 6.65. The molecule has 0 aliphatic rings. The van der Waals surface area contributed by atoms with Gasteiger partial charge < -0.3 is 10.4 Å². The van der Waals surface area contributed by atoms with E-state index in [1.165, 1.54) is 30.4 Å². The summed E-state index contributed by atoms with van der Waals surface area (Å²) in [4.78, 5) is 26.8. The third-order valence-corrected chi connectivity index (χ3v) is 3.87. The van der Waals surface area contributed by atoms with Gasteiger partial charge in [-0.1, -0.05) is 19.1 Å². The van der Waals surface area contributed by atoms with Gasteiger partial charge in [0, 0.05) is 18.3 Å². The third kappa shape index (κ3) is 4.36. The summed E-state index contributed by atoms with van der Waals surface area (Å²) in [6.45, 7) is 1.56. The number of carbonyl (C=O) groups excluding carboxylic acids is 1. The highest BCUT2D eigenvalue weighted by atomic mass is 32.1. The molecule has 0 spiro atoms. The van der Waals surface area contributed by atoms with Gasteiger partial charge in [0.2, 0.25) is 0 Å². The minimum absolute atomic E-state index is 0.0466. The Morgan fingerprint density at radius 1 is 1.45 bits per heavy atom. The van der Waals surface area contributed by atoms with Crippen molar-refractivity contribution in [2.24, 2.45) is 5.92 Å². The van der Waals surface area contributed by atoms with E-state index in [-0.39, 0.29) is 18.1 Å². The van der Waals surface area contributed by atoms with Crippen LogP contribution in [0, 0.1) is 11.7 Å². The predicted molar refractivity (Wildman–Crippen MR) is 80.5 cm³/mol. The third-order valence-electron chi connectivity index (χ3n) is 3.02. The Morgan fingerprint density at radius 2 is 2.23 bits per heavy atom. The SMILES string of the molecule is CC(CNC(=O)c1csc(Cc2cccc(F)c2)n1)C(=O)O. The standard InChI is InChI=1S/C15H15FN2O3S/c1-9(15(20)21)7-17-14(19)12-8-22-13(18-12)6-10-3-2-4-11(16)5-10/h2-5,8-9H,6-7H2,1H3,(H,17,19)(H,20,21). The maximum atomic E-state index is 13.1. The molecule has 2 N–H and O–H groups in total. The number of carboxylic acids is 1. The minimum Gasteiger partial charge on any atom is -0.481 e. The molecule has 1 aromatic carbocycles. The van der Waals surface area contributed by atoms with E-state index in [0.29, 0.717) is 11.4 Å². The van der Waals surface area contributed by atoms with Crippen LogP contribution in [0.1, 0.15) is 28.0 Å². The highest BCUT2D eigenvalue weighted by Gasteiger charge is 2.15. The molecule has 7 heteroatoms. The molecule has 2 aromatic rings. The van der Waals surface area contributed by atoms with Gasteiger partial charge in [0.15, 0.2) is 0 Å². The molecule has 0 saturated carbocycles. The molecule has 0 aliphatic carbocycles. The lowest BCUT2D eigenvalue weighted by Crippen LogP contribution is -2.31. The highest BCUT2D eigenvalue weighted by molar-refractivity contribution is 7.09. The van der Waals surface area contributed by atoms with Crippen LogP contribution in [0.2, 0.25) is 0 Å². The van der Waals surface area contributed by atoms with Crippen molar-refractivity contribution in [1.29, 1.82) is 0 Å². The maximum Gasteiger partial charge on any atom is 0.308 e. The van der Waals surface area contributed by atoms with Crippen molar-refractivity contribution in [3.05, 3.63) is 51.7 Å². The second kappa shape index (κ2) is 7.13. The van der Waals surface area contributed by atoms with Gasteiger partial charge in [0.25, 0.3) is 5.91 Å². The molecule has 2 rings (SSSR count). The van der Waals surface area contributed by atoms with Gasteiger partial charge in [-0.2, -0.15) is 0 Å². The largest absolute Gasteiger partial charge is 0.481 e. The summed E-state index contributed by atoms with van der Waals surface area (Å²) in [5, 5.41) is 13.6. The molecule has 116 valence electrons. The smallest absolute Gasteiger partial charge is 0.308 e. The molecule has 0 bridgehead atoms. The maximum absolute atomic E-state index is 13.1. The summed E-state index contributed by atoms with van der Waals surface area (Å²) in [6, 6.07) is 6.21. The van der Waals surface area contributed by atoms with E-state index in [2.05, 4.69) is 10.3 Å². The van der Waals surface area contributed by atoms with Crippen LogP contribution in [0.3, 0.4) is 0 Å². The summed E-state index contributed by atoms with van der Waals surface area (Å²) in [6.07, 6.45) is 0.446. The van der Waals surface area contributed by atoms with Crippen molar-refractivity contribution >= 4 is 23.2 Å². The first kappa shape index (κ1) is 16.1. The Balaban J connectivity index is 1.96. The lowest BCUT2D eigenvalue weighted by atomic mass is 10.1. The summed E-state index contributed by atoms with van der Waals surface area (Å²) in [5.41, 5.74) is 1.02. The zero-order chi connectivity index (χ0) is 16.1. The van der Waals surface area contributed by atoms with Crippen LogP contribution < -0.4 is 5.32 Å². The quantitative estimate of drug-likeness (QED) is 0.855. The van der Waals surface area contributed by atoms with Gasteiger partial charge in [0.1, 0.15) is 11.5 Å². The number of nitrogens with zero attached hydrogens (tertiary/aromatic N) is 1. The van der Waals surface area contributed by atoms with Crippen LogP contribution in [-0.2, 0) is 11.2 Å². The number of amides is 1. The average molecular weight is 322 g/mol. The summed E-state index contributed by atoms with van der Waals surface area (Å²) in [5.74, 6) is -2.34. The van der Waals surface area contributed by atoms with E-state index < -0.39 is 17.8 Å². The topological polar surface area (TPSA) is 79.3 Å². The van der Waals surface area contributed by atoms with Crippen LogP contribution in [0.4, 0.5) is 4.39 Å². The number of thiazole rings is 1. The number of nitrogens with one attached hydrogen (secondary N) is 1. The van der Waals surface area contributed by atoms with E-state index >= 15 is 0 Å². The van der Waals surface area contributed by atoms with Crippen molar-refractivity contribution < 1.29 is 19.1 Å². The van der Waals surface area contributed by atoms with Crippen LogP contribution in [0.5, 0.6) is 0 Å². The fraction of sp³-hybridized carbons (Fsp3) is 0.267. The van der Waals surface area contributed by atoms with Gasteiger partial charge in [-0.05, 0) is 17.7 Å². The highest BCUT2D eigenvalue weighted by Crippen LogP contribution is 2.15. The zero-order valence-corrected chi connectivity index (χ0v) is 12.7. The van der Waals surface area contributed by atoms with Crippen LogP contribution in [0.25, 0.3) is 0 Å². The van der Waals surface area contributed by atoms with E-state index in [1.807, 2.05) is 0 Å². The summed E-state index contributed by atoms with van der Waals surface area (Å²) >= 11 is 1.31. The Kier molecular flexibility index (Phi) is 5.21. The monoisotopic (exact) mass is 322 g/mol. The van der Waals surface area contributed by atoms with Crippen molar-refractivity contribution in [2.75, 3.05) is 6.54 Å². The molecule has 1 unspecified atom stereocenters. The van der Waals surface area contributed by atoms with Crippen molar-refractivity contribution in [2.45, 2.75) is 13.3 Å².